The topological polar surface area (TPSA) is 35.5 Å². The molecular weight excluding hydrogens is 339 g/mol. The van der Waals surface area contributed by atoms with Crippen LogP contribution in [0.25, 0.3) is 0 Å². The molecule has 0 heterocycles. The van der Waals surface area contributed by atoms with Crippen molar-refractivity contribution in [2.75, 3.05) is 13.7 Å². The molecular formula is C16H14BrFO3. The summed E-state index contributed by atoms with van der Waals surface area (Å²) in [6, 6.07) is 11.7. The van der Waals surface area contributed by atoms with Crippen LogP contribution < -0.4 is 4.74 Å². The Morgan fingerprint density at radius 2 is 2.00 bits per heavy atom. The van der Waals surface area contributed by atoms with Crippen LogP contribution in [0.15, 0.2) is 46.9 Å². The molecule has 2 rings (SSSR count). The first-order chi connectivity index (χ1) is 10.1. The summed E-state index contributed by atoms with van der Waals surface area (Å²) in [5, 5.41) is 0. The van der Waals surface area contributed by atoms with Crippen LogP contribution in [-0.4, -0.2) is 19.5 Å². The van der Waals surface area contributed by atoms with Crippen LogP contribution in [0.2, 0.25) is 0 Å². The summed E-state index contributed by atoms with van der Waals surface area (Å²) in [6.07, 6.45) is 0. The zero-order valence-corrected chi connectivity index (χ0v) is 13.0. The Bertz CT molecular complexity index is 643. The van der Waals surface area contributed by atoms with Gasteiger partial charge in [-0.2, -0.15) is 0 Å². The van der Waals surface area contributed by atoms with Crippen molar-refractivity contribution in [1.29, 1.82) is 0 Å². The summed E-state index contributed by atoms with van der Waals surface area (Å²) >= 11 is 3.41. The van der Waals surface area contributed by atoms with E-state index in [-0.39, 0.29) is 23.7 Å². The maximum Gasteiger partial charge on any atom is 0.188 e. The summed E-state index contributed by atoms with van der Waals surface area (Å²) < 4.78 is 24.6. The highest BCUT2D eigenvalue weighted by Gasteiger charge is 2.10. The molecule has 0 atom stereocenters. The molecule has 5 heteroatoms. The van der Waals surface area contributed by atoms with E-state index in [1.165, 1.54) is 19.2 Å². The van der Waals surface area contributed by atoms with E-state index >= 15 is 0 Å². The van der Waals surface area contributed by atoms with Crippen molar-refractivity contribution in [3.8, 4) is 5.75 Å². The van der Waals surface area contributed by atoms with Crippen LogP contribution in [0, 0.1) is 5.82 Å². The van der Waals surface area contributed by atoms with Gasteiger partial charge in [-0.05, 0) is 29.8 Å². The van der Waals surface area contributed by atoms with Crippen molar-refractivity contribution in [2.24, 2.45) is 0 Å². The second-order valence-electron chi connectivity index (χ2n) is 4.36. The van der Waals surface area contributed by atoms with Crippen molar-refractivity contribution >= 4 is 21.7 Å². The molecule has 0 saturated heterocycles. The molecule has 0 spiro atoms. The molecule has 0 unspecified atom stereocenters. The highest BCUT2D eigenvalue weighted by atomic mass is 79.9. The van der Waals surface area contributed by atoms with Gasteiger partial charge in [-0.15, -0.1) is 0 Å². The first-order valence-electron chi connectivity index (χ1n) is 6.29. The lowest BCUT2D eigenvalue weighted by molar-refractivity contribution is 0.0725. The van der Waals surface area contributed by atoms with E-state index in [1.807, 2.05) is 24.3 Å². The number of hydrogen-bond acceptors (Lipinski definition) is 3. The van der Waals surface area contributed by atoms with Crippen molar-refractivity contribution in [3.63, 3.8) is 0 Å². The van der Waals surface area contributed by atoms with Crippen molar-refractivity contribution in [1.82, 2.24) is 0 Å². The third-order valence-electron chi connectivity index (χ3n) is 2.92. The lowest BCUT2D eigenvalue weighted by Crippen LogP contribution is -2.09. The molecule has 0 bridgehead atoms. The smallest absolute Gasteiger partial charge is 0.188 e. The van der Waals surface area contributed by atoms with E-state index in [9.17, 15) is 9.18 Å². The minimum Gasteiger partial charge on any atom is -0.494 e. The molecule has 21 heavy (non-hydrogen) atoms. The van der Waals surface area contributed by atoms with Gasteiger partial charge in [0.25, 0.3) is 0 Å². The van der Waals surface area contributed by atoms with Gasteiger partial charge in [0.05, 0.1) is 13.7 Å². The number of rotatable bonds is 6. The molecule has 0 amide bonds. The van der Waals surface area contributed by atoms with E-state index in [2.05, 4.69) is 15.9 Å². The molecule has 0 aromatic heterocycles. The minimum atomic E-state index is -0.561. The summed E-state index contributed by atoms with van der Waals surface area (Å²) in [4.78, 5) is 11.9. The fourth-order valence-electron chi connectivity index (χ4n) is 1.79. The first kappa shape index (κ1) is 15.7. The van der Waals surface area contributed by atoms with Gasteiger partial charge in [-0.1, -0.05) is 34.1 Å². The average Bonchev–Trinajstić information content (AvgIpc) is 2.49. The molecule has 110 valence electrons. The fraction of sp³-hybridized carbons (Fsp3) is 0.188. The van der Waals surface area contributed by atoms with E-state index < -0.39 is 5.82 Å². The molecule has 0 saturated carbocycles. The van der Waals surface area contributed by atoms with Gasteiger partial charge in [0.2, 0.25) is 0 Å². The molecule has 2 aromatic carbocycles. The monoisotopic (exact) mass is 352 g/mol. The Morgan fingerprint density at radius 1 is 1.24 bits per heavy atom. The lowest BCUT2D eigenvalue weighted by Gasteiger charge is -2.07. The Hall–Kier alpha value is -1.72. The second-order valence-corrected chi connectivity index (χ2v) is 5.21. The SMILES string of the molecule is COc1ccc(C(=O)COCc2ccccc2Br)cc1F. The van der Waals surface area contributed by atoms with Crippen LogP contribution in [0.5, 0.6) is 5.75 Å². The number of halogens is 2. The van der Waals surface area contributed by atoms with Crippen LogP contribution in [-0.2, 0) is 11.3 Å². The maximum atomic E-state index is 13.5. The Balaban J connectivity index is 1.93. The van der Waals surface area contributed by atoms with Gasteiger partial charge in [0.1, 0.15) is 6.61 Å². The Kier molecular flexibility index (Phi) is 5.47. The summed E-state index contributed by atoms with van der Waals surface area (Å²) in [7, 11) is 1.38. The van der Waals surface area contributed by atoms with Crippen LogP contribution >= 0.6 is 15.9 Å². The Labute approximate surface area is 130 Å². The normalized spacial score (nSPS) is 10.4. The van der Waals surface area contributed by atoms with Crippen molar-refractivity contribution in [2.45, 2.75) is 6.61 Å². The number of methoxy groups -OCH3 is 1. The van der Waals surface area contributed by atoms with Gasteiger partial charge in [0.15, 0.2) is 17.3 Å². The number of hydrogen-bond donors (Lipinski definition) is 0. The van der Waals surface area contributed by atoms with E-state index in [0.29, 0.717) is 6.61 Å². The number of ketones is 1. The minimum absolute atomic E-state index is 0.104. The van der Waals surface area contributed by atoms with Gasteiger partial charge in [-0.25, -0.2) is 4.39 Å². The van der Waals surface area contributed by atoms with E-state index in [0.717, 1.165) is 16.1 Å². The average molecular weight is 353 g/mol. The van der Waals surface area contributed by atoms with Gasteiger partial charge < -0.3 is 9.47 Å². The van der Waals surface area contributed by atoms with Crippen LogP contribution in [0.1, 0.15) is 15.9 Å². The molecule has 0 aliphatic carbocycles. The highest BCUT2D eigenvalue weighted by Crippen LogP contribution is 2.19. The zero-order valence-electron chi connectivity index (χ0n) is 11.4. The number of ether oxygens (including phenoxy) is 2. The van der Waals surface area contributed by atoms with Gasteiger partial charge in [0, 0.05) is 10.0 Å². The molecule has 2 aromatic rings. The maximum absolute atomic E-state index is 13.5. The van der Waals surface area contributed by atoms with Gasteiger partial charge >= 0.3 is 0 Å². The molecule has 0 fully saturated rings. The molecule has 0 aliphatic heterocycles. The molecule has 3 nitrogen and oxygen atoms in total. The first-order valence-corrected chi connectivity index (χ1v) is 7.09. The number of benzene rings is 2. The van der Waals surface area contributed by atoms with Crippen LogP contribution in [0.3, 0.4) is 0 Å². The van der Waals surface area contributed by atoms with E-state index in [4.69, 9.17) is 9.47 Å². The van der Waals surface area contributed by atoms with E-state index in [1.54, 1.807) is 0 Å². The second kappa shape index (κ2) is 7.33. The lowest BCUT2D eigenvalue weighted by atomic mass is 10.1. The third kappa shape index (κ3) is 4.12. The van der Waals surface area contributed by atoms with Crippen molar-refractivity contribution in [3.05, 3.63) is 63.9 Å². The fourth-order valence-corrected chi connectivity index (χ4v) is 2.19. The quantitative estimate of drug-likeness (QED) is 0.737. The summed E-state index contributed by atoms with van der Waals surface area (Å²) in [5.74, 6) is -0.724. The molecule has 0 N–H and O–H groups in total. The van der Waals surface area contributed by atoms with Gasteiger partial charge in [-0.3, -0.25) is 4.79 Å². The molecule has 0 aliphatic rings. The Morgan fingerprint density at radius 3 is 2.67 bits per heavy atom. The number of Topliss-reactive ketones (excluding diaryl/α,β-unsaturated/α-hetero) is 1. The largest absolute Gasteiger partial charge is 0.494 e. The summed E-state index contributed by atoms with van der Waals surface area (Å²) in [6.45, 7) is 0.207. The van der Waals surface area contributed by atoms with Crippen molar-refractivity contribution < 1.29 is 18.7 Å². The predicted octanol–water partition coefficient (Wildman–Crippen LogP) is 4.00. The standard InChI is InChI=1S/C16H14BrFO3/c1-20-16-7-6-11(8-14(16)18)15(19)10-21-9-12-4-2-3-5-13(12)17/h2-8H,9-10H2,1H3. The van der Waals surface area contributed by atoms with Crippen LogP contribution in [0.4, 0.5) is 4.39 Å². The predicted molar refractivity (Wildman–Crippen MR) is 81.1 cm³/mol. The number of carbonyl (C=O) groups is 1. The summed E-state index contributed by atoms with van der Waals surface area (Å²) in [5.41, 5.74) is 1.21. The molecule has 0 radical (unpaired) electrons. The third-order valence-corrected chi connectivity index (χ3v) is 3.70. The highest BCUT2D eigenvalue weighted by molar-refractivity contribution is 9.10. The zero-order chi connectivity index (χ0) is 15.2. The number of carbonyl (C=O) groups excluding carboxylic acids is 1.